The zero-order valence-electron chi connectivity index (χ0n) is 27.8. The van der Waals surface area contributed by atoms with Gasteiger partial charge in [0.1, 0.15) is 11.4 Å². The van der Waals surface area contributed by atoms with E-state index < -0.39 is 7.40 Å². The van der Waals surface area contributed by atoms with E-state index in [9.17, 15) is 8.63 Å². The second kappa shape index (κ2) is 16.8. The van der Waals surface area contributed by atoms with Crippen molar-refractivity contribution in [1.29, 1.82) is 0 Å². The van der Waals surface area contributed by atoms with Crippen molar-refractivity contribution in [3.63, 3.8) is 0 Å². The summed E-state index contributed by atoms with van der Waals surface area (Å²) < 4.78 is 59.4. The predicted octanol–water partition coefficient (Wildman–Crippen LogP) is 1.19. The Labute approximate surface area is 270 Å². The number of methoxy groups -OCH3 is 1. The second-order valence-electron chi connectivity index (χ2n) is 11.3. The summed E-state index contributed by atoms with van der Waals surface area (Å²) in [7, 11) is 0.907. The standard InChI is InChI=1S/C33H46BF2N5O5/c1-23-19-25(3)41(34(35)36)33(23)26(4)32-24(2)20-30(39(32)5)28(37)22-38-27-7-8-29(31(21-27)42-6)40-9-11-43-13-15-45-17-18-46-16-14-44-12-10-40/h7-8,19-22H,9-18,37H2,1-6H3/p+1/b30-28+,32-26-,38-22?. The highest BCUT2D eigenvalue weighted by molar-refractivity contribution is 6.41. The summed E-state index contributed by atoms with van der Waals surface area (Å²) in [5.74, 6) is 0.691. The first-order valence-electron chi connectivity index (χ1n) is 15.6. The molecule has 1 aliphatic rings. The number of ether oxygens (including phenoxy) is 5. The van der Waals surface area contributed by atoms with Crippen LogP contribution in [0, 0.1) is 20.8 Å². The lowest BCUT2D eigenvalue weighted by atomic mass is 10.1. The number of hydrogen-bond acceptors (Lipinski definition) is 7. The molecule has 0 atom stereocenters. The van der Waals surface area contributed by atoms with E-state index >= 15 is 0 Å². The fraction of sp³-hybridized carbons (Fsp3) is 0.485. The maximum atomic E-state index is 14.0. The Balaban J connectivity index is 1.60. The van der Waals surface area contributed by atoms with Crippen molar-refractivity contribution in [1.82, 2.24) is 9.05 Å². The molecule has 4 rings (SSSR count). The summed E-state index contributed by atoms with van der Waals surface area (Å²) in [4.78, 5) is 5.47. The van der Waals surface area contributed by atoms with Crippen molar-refractivity contribution in [3.8, 4) is 5.75 Å². The van der Waals surface area contributed by atoms with Crippen LogP contribution in [0.25, 0.3) is 11.3 Å². The number of benzene rings is 1. The normalized spacial score (nSPS) is 17.4. The zero-order valence-corrected chi connectivity index (χ0v) is 27.8. The van der Waals surface area contributed by atoms with Crippen LogP contribution in [0.1, 0.15) is 29.4 Å². The van der Waals surface area contributed by atoms with E-state index in [-0.39, 0.29) is 0 Å². The number of aromatic nitrogens is 2. The average molecular weight is 643 g/mol. The molecule has 1 fully saturated rings. The first-order chi connectivity index (χ1) is 22.1. The van der Waals surface area contributed by atoms with Gasteiger partial charge < -0.3 is 43.4 Å². The molecule has 0 amide bonds. The van der Waals surface area contributed by atoms with Crippen molar-refractivity contribution in [2.45, 2.75) is 27.7 Å². The van der Waals surface area contributed by atoms with Crippen molar-refractivity contribution >= 4 is 36.3 Å². The Bertz CT molecular complexity index is 1600. The van der Waals surface area contributed by atoms with Crippen LogP contribution < -0.4 is 31.1 Å². The fourth-order valence-corrected chi connectivity index (χ4v) is 5.96. The number of rotatable bonds is 6. The topological polar surface area (TPSA) is 99.2 Å². The molecule has 3 aromatic rings. The Kier molecular flexibility index (Phi) is 12.8. The van der Waals surface area contributed by atoms with Crippen LogP contribution in [0.4, 0.5) is 20.0 Å². The van der Waals surface area contributed by atoms with Crippen LogP contribution >= 0.6 is 0 Å². The maximum Gasteiger partial charge on any atom is 0.677 e. The highest BCUT2D eigenvalue weighted by Gasteiger charge is 2.25. The first kappa shape index (κ1) is 35.2. The number of nitrogens with one attached hydrogen (secondary N) is 1. The molecular weight excluding hydrogens is 595 g/mol. The van der Waals surface area contributed by atoms with Gasteiger partial charge in [-0.15, -0.1) is 0 Å². The Morgan fingerprint density at radius 1 is 0.891 bits per heavy atom. The van der Waals surface area contributed by atoms with Gasteiger partial charge in [-0.2, -0.15) is 0 Å². The lowest BCUT2D eigenvalue weighted by Gasteiger charge is -2.26. The molecule has 0 unspecified atom stereocenters. The lowest BCUT2D eigenvalue weighted by Crippen LogP contribution is -2.62. The third kappa shape index (κ3) is 8.58. The summed E-state index contributed by atoms with van der Waals surface area (Å²) in [6.45, 7) is 12.9. The third-order valence-corrected chi connectivity index (χ3v) is 8.09. The molecule has 0 spiro atoms. The van der Waals surface area contributed by atoms with E-state index in [0.29, 0.717) is 88.8 Å². The molecule has 13 heteroatoms. The minimum atomic E-state index is -2.63. The van der Waals surface area contributed by atoms with Crippen LogP contribution in [0.15, 0.2) is 30.3 Å². The SMILES string of the molecule is COc1cc([NH+]=C/C(N)=c2/cc(C)/c(=C(\C)c3c(C)cc(C)n3B(F)F)n2C)ccc1N1CCOCCOCCOCCOCC1. The van der Waals surface area contributed by atoms with Crippen LogP contribution in [-0.4, -0.2) is 95.7 Å². The maximum absolute atomic E-state index is 14.0. The summed E-state index contributed by atoms with van der Waals surface area (Å²) >= 11 is 0. The van der Waals surface area contributed by atoms with Gasteiger partial charge in [0, 0.05) is 42.9 Å². The summed E-state index contributed by atoms with van der Waals surface area (Å²) in [6.07, 6.45) is 1.73. The number of anilines is 1. The van der Waals surface area contributed by atoms with Crippen LogP contribution in [0.5, 0.6) is 5.75 Å². The van der Waals surface area contributed by atoms with Gasteiger partial charge in [-0.05, 0) is 62.6 Å². The van der Waals surface area contributed by atoms with Gasteiger partial charge in [-0.25, -0.2) is 4.99 Å². The van der Waals surface area contributed by atoms with E-state index in [4.69, 9.17) is 29.4 Å². The zero-order chi connectivity index (χ0) is 33.2. The number of aryl methyl sites for hydroxylation is 3. The highest BCUT2D eigenvalue weighted by Crippen LogP contribution is 2.30. The van der Waals surface area contributed by atoms with Gasteiger partial charge in [0.2, 0.25) is 5.69 Å². The molecule has 46 heavy (non-hydrogen) atoms. The largest absolute Gasteiger partial charge is 0.677 e. The molecule has 250 valence electrons. The Morgan fingerprint density at radius 3 is 2.04 bits per heavy atom. The second-order valence-corrected chi connectivity index (χ2v) is 11.3. The minimum absolute atomic E-state index is 0.498. The van der Waals surface area contributed by atoms with Crippen LogP contribution in [0.2, 0.25) is 0 Å². The highest BCUT2D eigenvalue weighted by atomic mass is 19.2. The van der Waals surface area contributed by atoms with E-state index in [1.54, 1.807) is 26.3 Å². The van der Waals surface area contributed by atoms with Crippen molar-refractivity contribution in [2.24, 2.45) is 12.8 Å². The number of halogens is 2. The van der Waals surface area contributed by atoms with Gasteiger partial charge in [0.25, 0.3) is 0 Å². The molecule has 1 aromatic carbocycles. The van der Waals surface area contributed by atoms with Crippen molar-refractivity contribution in [3.05, 3.63) is 63.5 Å². The number of nitrogens with two attached hydrogens (primary N) is 1. The molecule has 0 saturated carbocycles. The average Bonchev–Trinajstić information content (AvgIpc) is 3.50. The van der Waals surface area contributed by atoms with Gasteiger partial charge in [-0.3, -0.25) is 8.63 Å². The van der Waals surface area contributed by atoms with Crippen LogP contribution in [0.3, 0.4) is 0 Å². The Morgan fingerprint density at radius 2 is 1.48 bits per heavy atom. The molecular formula is C33H47BF2N5O5+. The van der Waals surface area contributed by atoms with Gasteiger partial charge >= 0.3 is 7.40 Å². The minimum Gasteiger partial charge on any atom is -0.494 e. The molecule has 1 aliphatic heterocycles. The van der Waals surface area contributed by atoms with E-state index in [2.05, 4.69) is 9.89 Å². The molecule has 10 nitrogen and oxygen atoms in total. The smallest absolute Gasteiger partial charge is 0.494 e. The van der Waals surface area contributed by atoms with E-state index in [1.165, 1.54) is 0 Å². The van der Waals surface area contributed by atoms with Gasteiger partial charge in [-0.1, -0.05) is 0 Å². The molecule has 0 bridgehead atoms. The summed E-state index contributed by atoms with van der Waals surface area (Å²) in [5.41, 5.74) is 12.3. The summed E-state index contributed by atoms with van der Waals surface area (Å²) in [5, 5.41) is 1.62. The third-order valence-electron chi connectivity index (χ3n) is 8.09. The van der Waals surface area contributed by atoms with Gasteiger partial charge in [0.15, 0.2) is 6.21 Å². The lowest BCUT2D eigenvalue weighted by molar-refractivity contribution is -0.346. The van der Waals surface area contributed by atoms with Gasteiger partial charge in [0.05, 0.1) is 77.1 Å². The fourth-order valence-electron chi connectivity index (χ4n) is 5.96. The number of hydrogen-bond donors (Lipinski definition) is 2. The van der Waals surface area contributed by atoms with Crippen molar-refractivity contribution in [2.75, 3.05) is 78.0 Å². The molecule has 1 saturated heterocycles. The van der Waals surface area contributed by atoms with E-state index in [1.807, 2.05) is 56.7 Å². The quantitative estimate of drug-likeness (QED) is 0.308. The van der Waals surface area contributed by atoms with Crippen LogP contribution in [-0.2, 0) is 26.0 Å². The molecule has 0 aliphatic carbocycles. The Hall–Kier alpha value is -3.65. The summed E-state index contributed by atoms with van der Waals surface area (Å²) in [6, 6.07) is 9.64. The number of nitrogens with zero attached hydrogens (tertiary/aromatic N) is 3. The predicted molar refractivity (Wildman–Crippen MR) is 178 cm³/mol. The van der Waals surface area contributed by atoms with Crippen molar-refractivity contribution < 1.29 is 37.3 Å². The van der Waals surface area contributed by atoms with E-state index in [0.717, 1.165) is 43.3 Å². The molecule has 3 N–H and O–H groups in total. The molecule has 2 aromatic heterocycles. The monoisotopic (exact) mass is 642 g/mol. The molecule has 0 radical (unpaired) electrons. The molecule has 3 heterocycles. The first-order valence-corrected chi connectivity index (χ1v) is 15.6.